The first-order valence-corrected chi connectivity index (χ1v) is 5.49. The Bertz CT molecular complexity index is 446. The molecule has 0 heterocycles. The average molecular weight is 211 g/mol. The Hall–Kier alpha value is -1.76. The Kier molecular flexibility index (Phi) is 3.25. The lowest BCUT2D eigenvalue weighted by molar-refractivity contribution is 0.242. The number of benzene rings is 2. The van der Waals surface area contributed by atoms with E-state index >= 15 is 0 Å². The zero-order valence-electron chi connectivity index (χ0n) is 9.60. The van der Waals surface area contributed by atoms with Crippen LogP contribution in [0.5, 0.6) is 5.75 Å². The number of ether oxygens (including phenoxy) is 1. The van der Waals surface area contributed by atoms with E-state index in [-0.39, 0.29) is 6.10 Å². The summed E-state index contributed by atoms with van der Waals surface area (Å²) >= 11 is 0. The predicted octanol–water partition coefficient (Wildman–Crippen LogP) is 3.94. The number of hydrogen-bond acceptors (Lipinski definition) is 1. The first-order chi connectivity index (χ1) is 7.75. The molecule has 0 aliphatic carbocycles. The predicted molar refractivity (Wildman–Crippen MR) is 66.5 cm³/mol. The van der Waals surface area contributed by atoms with E-state index in [0.717, 1.165) is 5.75 Å². The molecule has 0 aliphatic heterocycles. The summed E-state index contributed by atoms with van der Waals surface area (Å²) in [7, 11) is 0. The average Bonchev–Trinajstić information content (AvgIpc) is 2.30. The Morgan fingerprint density at radius 3 is 2.44 bits per heavy atom. The lowest BCUT2D eigenvalue weighted by Gasteiger charge is -2.10. The Balaban J connectivity index is 2.29. The van der Waals surface area contributed by atoms with Crippen molar-refractivity contribution in [3.05, 3.63) is 54.6 Å². The molecule has 0 unspecified atom stereocenters. The van der Waals surface area contributed by atoms with Gasteiger partial charge in [-0.05, 0) is 43.2 Å². The van der Waals surface area contributed by atoms with Gasteiger partial charge >= 0.3 is 0 Å². The maximum Gasteiger partial charge on any atom is 0.120 e. The van der Waals surface area contributed by atoms with Gasteiger partial charge in [0, 0.05) is 0 Å². The molecular formula is C15H15O. The second kappa shape index (κ2) is 4.84. The van der Waals surface area contributed by atoms with Crippen molar-refractivity contribution in [3.63, 3.8) is 0 Å². The number of hydrogen-bond donors (Lipinski definition) is 0. The minimum atomic E-state index is 0.208. The van der Waals surface area contributed by atoms with Crippen molar-refractivity contribution in [3.8, 4) is 16.9 Å². The maximum atomic E-state index is 5.67. The van der Waals surface area contributed by atoms with Crippen LogP contribution in [0, 0.1) is 6.07 Å². The van der Waals surface area contributed by atoms with Gasteiger partial charge in [0.25, 0.3) is 0 Å². The molecule has 0 saturated heterocycles. The van der Waals surface area contributed by atoms with Crippen LogP contribution >= 0.6 is 0 Å². The Morgan fingerprint density at radius 2 is 1.75 bits per heavy atom. The van der Waals surface area contributed by atoms with Crippen molar-refractivity contribution in [1.82, 2.24) is 0 Å². The van der Waals surface area contributed by atoms with Gasteiger partial charge in [-0.3, -0.25) is 0 Å². The van der Waals surface area contributed by atoms with Gasteiger partial charge in [-0.25, -0.2) is 0 Å². The third-order valence-corrected chi connectivity index (χ3v) is 2.26. The normalized spacial score (nSPS) is 10.4. The highest BCUT2D eigenvalue weighted by atomic mass is 16.5. The molecule has 81 valence electrons. The maximum absolute atomic E-state index is 5.67. The van der Waals surface area contributed by atoms with Gasteiger partial charge < -0.3 is 4.74 Å². The van der Waals surface area contributed by atoms with Crippen molar-refractivity contribution in [1.29, 1.82) is 0 Å². The summed E-state index contributed by atoms with van der Waals surface area (Å²) in [6.07, 6.45) is 0.208. The molecule has 0 spiro atoms. The summed E-state index contributed by atoms with van der Waals surface area (Å²) in [5.74, 6) is 0.917. The van der Waals surface area contributed by atoms with E-state index in [1.807, 2.05) is 38.1 Å². The van der Waals surface area contributed by atoms with Gasteiger partial charge in [0.15, 0.2) is 0 Å². The first kappa shape index (κ1) is 10.7. The molecule has 0 fully saturated rings. The van der Waals surface area contributed by atoms with Crippen molar-refractivity contribution in [2.24, 2.45) is 0 Å². The molecule has 16 heavy (non-hydrogen) atoms. The van der Waals surface area contributed by atoms with Crippen molar-refractivity contribution < 1.29 is 4.74 Å². The van der Waals surface area contributed by atoms with Gasteiger partial charge in [-0.15, -0.1) is 0 Å². The summed E-state index contributed by atoms with van der Waals surface area (Å²) in [5, 5.41) is 0. The fraction of sp³-hybridized carbons (Fsp3) is 0.200. The number of rotatable bonds is 3. The topological polar surface area (TPSA) is 9.23 Å². The van der Waals surface area contributed by atoms with E-state index < -0.39 is 0 Å². The van der Waals surface area contributed by atoms with E-state index in [1.54, 1.807) is 0 Å². The third-order valence-electron chi connectivity index (χ3n) is 2.26. The van der Waals surface area contributed by atoms with Gasteiger partial charge in [-0.1, -0.05) is 36.4 Å². The standard InChI is InChI=1S/C15H15O/c1-12(2)16-15-10-6-9-14(11-15)13-7-4-3-5-8-13/h4-12H,1-2H3. The van der Waals surface area contributed by atoms with Crippen LogP contribution < -0.4 is 4.74 Å². The summed E-state index contributed by atoms with van der Waals surface area (Å²) in [4.78, 5) is 0. The first-order valence-electron chi connectivity index (χ1n) is 5.49. The Morgan fingerprint density at radius 1 is 1.00 bits per heavy atom. The molecule has 0 amide bonds. The monoisotopic (exact) mass is 211 g/mol. The highest BCUT2D eigenvalue weighted by Crippen LogP contribution is 2.23. The lowest BCUT2D eigenvalue weighted by atomic mass is 10.1. The summed E-state index contributed by atoms with van der Waals surface area (Å²) in [5.41, 5.74) is 2.36. The molecule has 1 heteroatoms. The molecule has 1 nitrogen and oxygen atoms in total. The zero-order valence-corrected chi connectivity index (χ0v) is 9.60. The van der Waals surface area contributed by atoms with Gasteiger partial charge in [-0.2, -0.15) is 0 Å². The summed E-state index contributed by atoms with van der Waals surface area (Å²) in [6.45, 7) is 4.06. The van der Waals surface area contributed by atoms with Crippen LogP contribution in [0.1, 0.15) is 13.8 Å². The molecule has 0 bridgehead atoms. The zero-order chi connectivity index (χ0) is 11.4. The molecular weight excluding hydrogens is 196 g/mol. The SMILES string of the molecule is CC(C)Oc1cccc(-c2cc[c]cc2)c1. The van der Waals surface area contributed by atoms with Crippen LogP contribution in [0.2, 0.25) is 0 Å². The summed E-state index contributed by atoms with van der Waals surface area (Å²) < 4.78 is 5.67. The molecule has 2 aromatic carbocycles. The van der Waals surface area contributed by atoms with Crippen LogP contribution in [0.4, 0.5) is 0 Å². The van der Waals surface area contributed by atoms with E-state index in [1.165, 1.54) is 11.1 Å². The van der Waals surface area contributed by atoms with E-state index in [4.69, 9.17) is 4.74 Å². The molecule has 0 aliphatic rings. The fourth-order valence-corrected chi connectivity index (χ4v) is 1.60. The molecule has 1 radical (unpaired) electrons. The smallest absolute Gasteiger partial charge is 0.120 e. The minimum Gasteiger partial charge on any atom is -0.491 e. The minimum absolute atomic E-state index is 0.208. The second-order valence-electron chi connectivity index (χ2n) is 3.98. The lowest BCUT2D eigenvalue weighted by Crippen LogP contribution is -2.05. The molecule has 0 N–H and O–H groups in total. The fourth-order valence-electron chi connectivity index (χ4n) is 1.60. The molecule has 0 aromatic heterocycles. The van der Waals surface area contributed by atoms with Crippen LogP contribution in [-0.4, -0.2) is 6.10 Å². The van der Waals surface area contributed by atoms with Crippen LogP contribution in [0.3, 0.4) is 0 Å². The quantitative estimate of drug-likeness (QED) is 0.747. The van der Waals surface area contributed by atoms with Crippen LogP contribution in [0.15, 0.2) is 48.5 Å². The van der Waals surface area contributed by atoms with Crippen molar-refractivity contribution >= 4 is 0 Å². The highest BCUT2D eigenvalue weighted by Gasteiger charge is 2.00. The van der Waals surface area contributed by atoms with E-state index in [0.29, 0.717) is 0 Å². The van der Waals surface area contributed by atoms with Gasteiger partial charge in [0.05, 0.1) is 6.10 Å². The Labute approximate surface area is 96.7 Å². The largest absolute Gasteiger partial charge is 0.491 e. The molecule has 0 saturated carbocycles. The van der Waals surface area contributed by atoms with E-state index in [2.05, 4.69) is 30.3 Å². The highest BCUT2D eigenvalue weighted by molar-refractivity contribution is 5.64. The van der Waals surface area contributed by atoms with Crippen LogP contribution in [0.25, 0.3) is 11.1 Å². The van der Waals surface area contributed by atoms with Gasteiger partial charge in [0.1, 0.15) is 5.75 Å². The van der Waals surface area contributed by atoms with E-state index in [9.17, 15) is 0 Å². The second-order valence-corrected chi connectivity index (χ2v) is 3.98. The van der Waals surface area contributed by atoms with Crippen molar-refractivity contribution in [2.75, 3.05) is 0 Å². The molecule has 0 atom stereocenters. The molecule has 2 rings (SSSR count). The van der Waals surface area contributed by atoms with Gasteiger partial charge in [0.2, 0.25) is 0 Å². The molecule has 2 aromatic rings. The van der Waals surface area contributed by atoms with Crippen molar-refractivity contribution in [2.45, 2.75) is 20.0 Å². The summed E-state index contributed by atoms with van der Waals surface area (Å²) in [6, 6.07) is 19.1. The third kappa shape index (κ3) is 2.63. The van der Waals surface area contributed by atoms with Crippen LogP contribution in [-0.2, 0) is 0 Å².